The molecule has 0 saturated carbocycles. The first kappa shape index (κ1) is 89.9. The highest BCUT2D eigenvalue weighted by molar-refractivity contribution is 7.71. The maximum atomic E-state index is 13.1. The molecule has 87 heavy (non-hydrogen) atoms. The molecule has 0 aromatic rings. The van der Waals surface area contributed by atoms with Gasteiger partial charge in [-0.05, 0) is 25.9 Å². The minimum Gasteiger partial charge on any atom is -0.317 e. The maximum absolute atomic E-state index is 13.1. The van der Waals surface area contributed by atoms with Crippen molar-refractivity contribution in [2.45, 2.75) is 24.9 Å². The summed E-state index contributed by atoms with van der Waals surface area (Å²) in [6.45, 7) is -2.80. The molecule has 0 aliphatic carbocycles. The molecule has 0 aliphatic heterocycles. The zero-order valence-corrected chi connectivity index (χ0v) is 57.3. The van der Waals surface area contributed by atoms with Crippen LogP contribution in [-0.2, 0) is 159 Å². The Kier molecular flexibility index (Phi) is 32.4. The molecule has 25 N–H and O–H groups in total. The predicted octanol–water partition coefficient (Wildman–Crippen LogP) is -0.706. The van der Waals surface area contributed by atoms with Crippen LogP contribution in [0.15, 0.2) is 0 Å². The summed E-state index contributed by atoms with van der Waals surface area (Å²) < 4.78 is 282. The van der Waals surface area contributed by atoms with Crippen LogP contribution in [0, 0.1) is 0 Å². The summed E-state index contributed by atoms with van der Waals surface area (Å²) in [7, 11) is -139. The summed E-state index contributed by atoms with van der Waals surface area (Å²) in [4.78, 5) is 226. The first-order valence-electron chi connectivity index (χ1n) is 18.2. The highest BCUT2D eigenvalue weighted by atomic mass is 31.3. The van der Waals surface area contributed by atoms with Gasteiger partial charge in [0.15, 0.2) is 0 Å². The highest BCUT2D eigenvalue weighted by Crippen LogP contribution is 2.76. The van der Waals surface area contributed by atoms with E-state index in [2.05, 4.69) is 77.0 Å². The second-order valence-corrected chi connectivity index (χ2v) is 46.5. The van der Waals surface area contributed by atoms with Crippen LogP contribution in [0.4, 0.5) is 0 Å². The van der Waals surface area contributed by atoms with E-state index in [-0.39, 0.29) is 0 Å². The van der Waals surface area contributed by atoms with Crippen molar-refractivity contribution in [1.82, 2.24) is 5.32 Å². The van der Waals surface area contributed by atoms with Gasteiger partial charge in [0.25, 0.3) is 0 Å². The van der Waals surface area contributed by atoms with E-state index in [4.69, 9.17) is 58.7 Å². The third-order valence-electron chi connectivity index (χ3n) is 5.70. The van der Waals surface area contributed by atoms with Crippen LogP contribution in [0.3, 0.4) is 0 Å². The van der Waals surface area contributed by atoms with Gasteiger partial charge in [-0.25, -0.2) is 82.2 Å². The number of hydrogen-bond donors (Lipinski definition) is 25. The lowest BCUT2D eigenvalue weighted by molar-refractivity contribution is 0.136. The van der Waals surface area contributed by atoms with Gasteiger partial charge in [0, 0.05) is 12.1 Å². The van der Waals surface area contributed by atoms with Gasteiger partial charge in [-0.1, -0.05) is 0 Å². The lowest BCUT2D eigenvalue weighted by Crippen LogP contribution is -2.44. The lowest BCUT2D eigenvalue weighted by Gasteiger charge is -2.32. The molecule has 0 aromatic carbocycles. The van der Waals surface area contributed by atoms with Gasteiger partial charge < -0.3 is 123 Å². The van der Waals surface area contributed by atoms with Gasteiger partial charge in [0.1, 0.15) is 0 Å². The first-order chi connectivity index (χ1) is 37.4. The fraction of sp³-hybridized carbons (Fsp3) is 1.00. The van der Waals surface area contributed by atoms with Crippen molar-refractivity contribution in [2.75, 3.05) is 13.1 Å². The molecule has 0 radical (unpaired) electrons. The zero-order chi connectivity index (χ0) is 69.7. The quantitative estimate of drug-likeness (QED) is 0.0204. The van der Waals surface area contributed by atoms with Crippen molar-refractivity contribution in [2.24, 2.45) is 0 Å². The van der Waals surface area contributed by atoms with Crippen LogP contribution in [0.2, 0.25) is 12.1 Å². The molecule has 0 fully saturated rings. The van der Waals surface area contributed by atoms with E-state index < -0.39 is 196 Å². The summed E-state index contributed by atoms with van der Waals surface area (Å²) >= 11 is 0. The Hall–Kier alpha value is 2.85. The molecule has 12 unspecified atom stereocenters. The van der Waals surface area contributed by atoms with Crippen molar-refractivity contribution in [3.63, 3.8) is 0 Å². The Labute approximate surface area is 477 Å². The van der Waals surface area contributed by atoms with Crippen molar-refractivity contribution in [3.05, 3.63) is 0 Å². The molecule has 0 aromatic heterocycles. The number of hydrogen-bond acceptors (Lipinski definition) is 37. The van der Waals surface area contributed by atoms with E-state index in [1.165, 1.54) is 0 Å². The monoisotopic (exact) mass is 1700 g/mol. The summed E-state index contributed by atoms with van der Waals surface area (Å²) in [5.74, 6) is 0. The molecule has 0 heterocycles. The number of rotatable bonds is 44. The molecule has 0 bridgehead atoms. The van der Waals surface area contributed by atoms with Crippen LogP contribution >= 0.6 is 141 Å². The standard InChI is InChI=1S/C6H37NO60P18Si2/c8-68(9,10)50-74(26,27)56-80(38,39)62-86(63-81(40,41)57-75(28,29)51-69(11,12)13,64-82(42,43)58-76(30,31)52-70(14,15)16)5-1-3-7-4-2-6-87(65-83(44,45)59-77(32,33)53-71(17,18)19,66-84(46,47)60-78(34,35)54-72(20,21)22)67-85(48,49)61-79(36,37)55-73(23,24)25/h7H,1-6H2,(H,26,27)(H,28,29)(H,30,31)(H,32,33)(H,34,35)(H,36,37)(H,38,39)(H,40,41)(H,42,43)(H,44,45)(H,46,47)(H,48,49)(H2,8,9,10)(H2,11,12,13)(H2,14,15,16)(H2,17,18,19)(H2,20,21,22)(H2,23,24,25). The smallest absolute Gasteiger partial charge is 0.317 e. The van der Waals surface area contributed by atoms with E-state index in [1.54, 1.807) is 0 Å². The van der Waals surface area contributed by atoms with E-state index in [0.29, 0.717) is 0 Å². The Morgan fingerprint density at radius 3 is 0.448 bits per heavy atom. The minimum atomic E-state index is -7.44. The second-order valence-electron chi connectivity index (χ2n) is 13.4. The SMILES string of the molecule is O=P(O)(O)OP(=O)(O)OP(=O)(O)O[Si](CCCNCCC[Si](OP(=O)(O)OP(=O)(O)OP(=O)(O)O)(OP(=O)(O)OP(=O)(O)OP(=O)(O)O)OP(=O)(O)OP(=O)(O)OP(=O)(O)O)(OP(=O)(O)OP(=O)(O)OP(=O)(O)O)OP(=O)(O)OP(=O)(O)OP(=O)(O)O. The van der Waals surface area contributed by atoms with Crippen LogP contribution in [0.25, 0.3) is 0 Å². The summed E-state index contributed by atoms with van der Waals surface area (Å²) in [5, 5.41) is 1.88. The van der Waals surface area contributed by atoms with E-state index in [9.17, 15) is 141 Å². The Morgan fingerprint density at radius 2 is 0.333 bits per heavy atom. The van der Waals surface area contributed by atoms with Crippen LogP contribution in [-0.4, -0.2) is 148 Å². The molecule has 61 nitrogen and oxygen atoms in total. The van der Waals surface area contributed by atoms with Gasteiger partial charge in [-0.3, -0.25) is 25.3 Å². The molecular formula is C6H37NO60P18Si2. The van der Waals surface area contributed by atoms with Gasteiger partial charge in [0.05, 0.1) is 0 Å². The van der Waals surface area contributed by atoms with Crippen molar-refractivity contribution in [1.29, 1.82) is 0 Å². The zero-order valence-electron chi connectivity index (χ0n) is 39.2. The van der Waals surface area contributed by atoms with Crippen LogP contribution in [0.5, 0.6) is 0 Å². The van der Waals surface area contributed by atoms with Gasteiger partial charge in [0.2, 0.25) is 0 Å². The van der Waals surface area contributed by atoms with E-state index in [0.717, 1.165) is 0 Å². The Morgan fingerprint density at radius 1 is 0.207 bits per heavy atom. The average molecular weight is 1700 g/mol. The fourth-order valence-electron chi connectivity index (χ4n) is 4.19. The molecule has 0 rings (SSSR count). The fourth-order valence-corrected chi connectivity index (χ4v) is 36.3. The van der Waals surface area contributed by atoms with Gasteiger partial charge >= 0.3 is 158 Å². The molecule has 0 aliphatic rings. The molecule has 12 atom stereocenters. The lowest BCUT2D eigenvalue weighted by atomic mass is 10.4. The largest absolute Gasteiger partial charge is 0.526 e. The van der Waals surface area contributed by atoms with Gasteiger partial charge in [-0.2, -0.15) is 51.7 Å². The minimum absolute atomic E-state index is 1.40. The van der Waals surface area contributed by atoms with Crippen LogP contribution < -0.4 is 5.32 Å². The maximum Gasteiger partial charge on any atom is 0.526 e. The second kappa shape index (κ2) is 31.4. The molecule has 0 saturated heterocycles. The van der Waals surface area contributed by atoms with Crippen molar-refractivity contribution in [3.8, 4) is 0 Å². The molecule has 81 heteroatoms. The Balaban J connectivity index is 8.21. The molecular weight excluding hydrogens is 1660 g/mol. The normalized spacial score (nSPS) is 23.4. The molecule has 0 spiro atoms. The highest BCUT2D eigenvalue weighted by Gasteiger charge is 2.63. The third kappa shape index (κ3) is 44.4. The van der Waals surface area contributed by atoms with Crippen molar-refractivity contribution < 1.29 is 277 Å². The topological polar surface area (TPSA) is 971 Å². The average Bonchev–Trinajstić information content (AvgIpc) is 3.02. The number of phosphoric acid groups is 18. The molecule has 524 valence electrons. The summed E-state index contributed by atoms with van der Waals surface area (Å²) in [6, 6.07) is -4.48. The van der Waals surface area contributed by atoms with E-state index in [1.807, 2.05) is 5.32 Å². The summed E-state index contributed by atoms with van der Waals surface area (Å²) in [6.07, 6.45) is -3.19. The summed E-state index contributed by atoms with van der Waals surface area (Å²) in [5.41, 5.74) is 0. The molecule has 0 amide bonds. The van der Waals surface area contributed by atoms with E-state index >= 15 is 0 Å². The third-order valence-corrected chi connectivity index (χ3v) is 39.8. The Bertz CT molecular complexity index is 2790. The van der Waals surface area contributed by atoms with Crippen molar-refractivity contribution >= 4 is 158 Å². The number of nitrogens with one attached hydrogen (secondary N) is 1. The van der Waals surface area contributed by atoms with Gasteiger partial charge in [-0.15, -0.1) is 0 Å². The predicted molar refractivity (Wildman–Crippen MR) is 253 cm³/mol. The first-order valence-corrected chi connectivity index (χ1v) is 49.2. The van der Waals surface area contributed by atoms with Crippen LogP contribution in [0.1, 0.15) is 12.8 Å².